The quantitative estimate of drug-likeness (QED) is 0.833. The van der Waals surface area contributed by atoms with E-state index in [0.717, 1.165) is 12.1 Å². The first kappa shape index (κ1) is 15.8. The van der Waals surface area contributed by atoms with Crippen molar-refractivity contribution in [3.05, 3.63) is 29.8 Å². The van der Waals surface area contributed by atoms with Crippen LogP contribution in [0.1, 0.15) is 12.0 Å². The van der Waals surface area contributed by atoms with E-state index in [1.165, 1.54) is 12.1 Å². The molecule has 0 radical (unpaired) electrons. The molecule has 0 saturated heterocycles. The van der Waals surface area contributed by atoms with Gasteiger partial charge < -0.3 is 14.6 Å². The van der Waals surface area contributed by atoms with Crippen LogP contribution in [0, 0.1) is 5.92 Å². The monoisotopic (exact) mass is 278 g/mol. The van der Waals surface area contributed by atoms with Gasteiger partial charge in [0.2, 0.25) is 0 Å². The highest BCUT2D eigenvalue weighted by atomic mass is 19.4. The van der Waals surface area contributed by atoms with Crippen LogP contribution in [0.2, 0.25) is 0 Å². The van der Waals surface area contributed by atoms with E-state index in [9.17, 15) is 13.2 Å². The number of hydrogen-bond donors (Lipinski definition) is 1. The third-order valence-corrected chi connectivity index (χ3v) is 2.64. The number of hydrogen-bond acceptors (Lipinski definition) is 3. The standard InChI is InChI=1S/C13H17F3O3/c1-18-6-5-10(8-17)9-19-12-4-2-3-11(7-12)13(14,15)16/h2-4,7,10,17H,5-6,8-9H2,1H3. The Bertz CT molecular complexity index is 380. The van der Waals surface area contributed by atoms with Crippen LogP contribution in [0.4, 0.5) is 13.2 Å². The van der Waals surface area contributed by atoms with Gasteiger partial charge in [0, 0.05) is 26.2 Å². The second kappa shape index (κ2) is 7.35. The fourth-order valence-corrected chi connectivity index (χ4v) is 1.49. The number of ether oxygens (including phenoxy) is 2. The fourth-order valence-electron chi connectivity index (χ4n) is 1.49. The Kier molecular flexibility index (Phi) is 6.11. The zero-order chi connectivity index (χ0) is 14.3. The van der Waals surface area contributed by atoms with Gasteiger partial charge in [-0.25, -0.2) is 0 Å². The number of rotatable bonds is 7. The van der Waals surface area contributed by atoms with Crippen LogP contribution in [-0.4, -0.2) is 32.0 Å². The molecule has 1 rings (SSSR count). The lowest BCUT2D eigenvalue weighted by Gasteiger charge is -2.15. The maximum absolute atomic E-state index is 12.5. The van der Waals surface area contributed by atoms with Gasteiger partial charge in [0.1, 0.15) is 5.75 Å². The van der Waals surface area contributed by atoms with Crippen LogP contribution in [-0.2, 0) is 10.9 Å². The maximum atomic E-state index is 12.5. The van der Waals surface area contributed by atoms with E-state index in [2.05, 4.69) is 0 Å². The van der Waals surface area contributed by atoms with E-state index in [0.29, 0.717) is 13.0 Å². The van der Waals surface area contributed by atoms with Gasteiger partial charge in [-0.15, -0.1) is 0 Å². The summed E-state index contributed by atoms with van der Waals surface area (Å²) in [5, 5.41) is 9.10. The van der Waals surface area contributed by atoms with Crippen LogP contribution < -0.4 is 4.74 Å². The molecule has 0 bridgehead atoms. The summed E-state index contributed by atoms with van der Waals surface area (Å²) in [5.41, 5.74) is -0.748. The molecule has 1 N–H and O–H groups in total. The maximum Gasteiger partial charge on any atom is 0.416 e. The van der Waals surface area contributed by atoms with Gasteiger partial charge in [-0.1, -0.05) is 6.07 Å². The van der Waals surface area contributed by atoms with Crippen LogP contribution in [0.15, 0.2) is 24.3 Å². The summed E-state index contributed by atoms with van der Waals surface area (Å²) in [4.78, 5) is 0. The normalized spacial score (nSPS) is 13.3. The predicted octanol–water partition coefficient (Wildman–Crippen LogP) is 2.73. The van der Waals surface area contributed by atoms with Crippen molar-refractivity contribution in [2.75, 3.05) is 26.9 Å². The molecule has 3 nitrogen and oxygen atoms in total. The smallest absolute Gasteiger partial charge is 0.416 e. The van der Waals surface area contributed by atoms with E-state index in [4.69, 9.17) is 14.6 Å². The Hall–Kier alpha value is -1.27. The molecule has 0 amide bonds. The van der Waals surface area contributed by atoms with Crippen LogP contribution in [0.25, 0.3) is 0 Å². The minimum absolute atomic E-state index is 0.0949. The highest BCUT2D eigenvalue weighted by Crippen LogP contribution is 2.31. The van der Waals surface area contributed by atoms with E-state index in [1.807, 2.05) is 0 Å². The van der Waals surface area contributed by atoms with Crippen molar-refractivity contribution >= 4 is 0 Å². The summed E-state index contributed by atoms with van der Waals surface area (Å²) in [5.74, 6) is -0.0137. The Morgan fingerprint density at radius 2 is 2.05 bits per heavy atom. The molecule has 19 heavy (non-hydrogen) atoms. The number of aliphatic hydroxyl groups excluding tert-OH is 1. The molecule has 1 unspecified atom stereocenters. The number of methoxy groups -OCH3 is 1. The van der Waals surface area contributed by atoms with E-state index in [1.54, 1.807) is 7.11 Å². The van der Waals surface area contributed by atoms with E-state index < -0.39 is 11.7 Å². The van der Waals surface area contributed by atoms with Crippen molar-refractivity contribution in [2.24, 2.45) is 5.92 Å². The summed E-state index contributed by atoms with van der Waals surface area (Å²) in [6.45, 7) is 0.528. The summed E-state index contributed by atoms with van der Waals surface area (Å²) in [6.07, 6.45) is -3.79. The second-order valence-electron chi connectivity index (χ2n) is 4.17. The lowest BCUT2D eigenvalue weighted by molar-refractivity contribution is -0.137. The lowest BCUT2D eigenvalue weighted by atomic mass is 10.1. The average molecular weight is 278 g/mol. The Morgan fingerprint density at radius 3 is 2.63 bits per heavy atom. The fraction of sp³-hybridized carbons (Fsp3) is 0.538. The molecule has 1 atom stereocenters. The van der Waals surface area contributed by atoms with Crippen molar-refractivity contribution in [3.8, 4) is 5.75 Å². The van der Waals surface area contributed by atoms with Crippen molar-refractivity contribution in [1.82, 2.24) is 0 Å². The molecule has 108 valence electrons. The molecule has 1 aromatic rings. The summed E-state index contributed by atoms with van der Waals surface area (Å²) in [7, 11) is 1.54. The molecule has 0 heterocycles. The predicted molar refractivity (Wildman–Crippen MR) is 64.0 cm³/mol. The number of aliphatic hydroxyl groups is 1. The second-order valence-corrected chi connectivity index (χ2v) is 4.17. The van der Waals surface area contributed by atoms with Gasteiger partial charge in [0.05, 0.1) is 12.2 Å². The van der Waals surface area contributed by atoms with Crippen molar-refractivity contribution < 1.29 is 27.8 Å². The largest absolute Gasteiger partial charge is 0.493 e. The molecule has 0 fully saturated rings. The average Bonchev–Trinajstić information content (AvgIpc) is 2.38. The van der Waals surface area contributed by atoms with E-state index >= 15 is 0 Å². The third kappa shape index (κ3) is 5.48. The topological polar surface area (TPSA) is 38.7 Å². The van der Waals surface area contributed by atoms with Crippen LogP contribution in [0.3, 0.4) is 0 Å². The number of alkyl halides is 3. The molecule has 1 aromatic carbocycles. The summed E-state index contributed by atoms with van der Waals surface area (Å²) < 4.78 is 47.6. The minimum Gasteiger partial charge on any atom is -0.493 e. The molecule has 0 saturated carbocycles. The van der Waals surface area contributed by atoms with Crippen LogP contribution in [0.5, 0.6) is 5.75 Å². The molecule has 0 aliphatic rings. The number of halogens is 3. The first-order valence-corrected chi connectivity index (χ1v) is 5.87. The SMILES string of the molecule is COCCC(CO)COc1cccc(C(F)(F)F)c1. The zero-order valence-electron chi connectivity index (χ0n) is 10.6. The summed E-state index contributed by atoms with van der Waals surface area (Å²) >= 11 is 0. The van der Waals surface area contributed by atoms with Gasteiger partial charge >= 0.3 is 6.18 Å². The molecule has 0 aromatic heterocycles. The van der Waals surface area contributed by atoms with Crippen molar-refractivity contribution in [3.63, 3.8) is 0 Å². The van der Waals surface area contributed by atoms with Gasteiger partial charge in [-0.2, -0.15) is 13.2 Å². The van der Waals surface area contributed by atoms with Gasteiger partial charge in [0.25, 0.3) is 0 Å². The minimum atomic E-state index is -4.38. The molecular formula is C13H17F3O3. The van der Waals surface area contributed by atoms with Crippen molar-refractivity contribution in [2.45, 2.75) is 12.6 Å². The third-order valence-electron chi connectivity index (χ3n) is 2.64. The molecule has 0 aliphatic carbocycles. The Balaban J connectivity index is 2.57. The highest BCUT2D eigenvalue weighted by molar-refractivity contribution is 5.30. The number of benzene rings is 1. The molecule has 0 aliphatic heterocycles. The zero-order valence-corrected chi connectivity index (χ0v) is 10.6. The Morgan fingerprint density at radius 1 is 1.32 bits per heavy atom. The van der Waals surface area contributed by atoms with Crippen molar-refractivity contribution in [1.29, 1.82) is 0 Å². The highest BCUT2D eigenvalue weighted by Gasteiger charge is 2.30. The van der Waals surface area contributed by atoms with Crippen LogP contribution >= 0.6 is 0 Å². The first-order valence-electron chi connectivity index (χ1n) is 5.87. The van der Waals surface area contributed by atoms with Gasteiger partial charge in [0.15, 0.2) is 0 Å². The molecule has 0 spiro atoms. The molecule has 6 heteroatoms. The van der Waals surface area contributed by atoms with E-state index in [-0.39, 0.29) is 24.9 Å². The first-order chi connectivity index (χ1) is 8.97. The Labute approximate surface area is 110 Å². The van der Waals surface area contributed by atoms with Gasteiger partial charge in [-0.05, 0) is 24.6 Å². The summed E-state index contributed by atoms with van der Waals surface area (Å²) in [6, 6.07) is 4.69. The lowest BCUT2D eigenvalue weighted by Crippen LogP contribution is -2.18. The molecular weight excluding hydrogens is 261 g/mol. The van der Waals surface area contributed by atoms with Gasteiger partial charge in [-0.3, -0.25) is 0 Å².